The summed E-state index contributed by atoms with van der Waals surface area (Å²) in [5.74, 6) is -0.225. The van der Waals surface area contributed by atoms with E-state index in [1.54, 1.807) is 18.3 Å². The molecule has 1 aromatic heterocycles. The minimum atomic E-state index is -0.225. The van der Waals surface area contributed by atoms with Crippen molar-refractivity contribution >= 4 is 54.7 Å². The number of rotatable bonds is 4. The van der Waals surface area contributed by atoms with Gasteiger partial charge in [0.15, 0.2) is 0 Å². The van der Waals surface area contributed by atoms with E-state index in [1.165, 1.54) is 21.9 Å². The average Bonchev–Trinajstić information content (AvgIpc) is 3.12. The van der Waals surface area contributed by atoms with Gasteiger partial charge in [0, 0.05) is 10.0 Å². The van der Waals surface area contributed by atoms with Gasteiger partial charge in [-0.15, -0.1) is 0 Å². The fraction of sp³-hybridized carbons (Fsp3) is 0.0870. The van der Waals surface area contributed by atoms with Crippen molar-refractivity contribution in [1.82, 2.24) is 4.98 Å². The summed E-state index contributed by atoms with van der Waals surface area (Å²) in [5.41, 5.74) is 4.65. The van der Waals surface area contributed by atoms with Gasteiger partial charge in [0.25, 0.3) is 5.91 Å². The van der Waals surface area contributed by atoms with Crippen molar-refractivity contribution in [3.63, 3.8) is 0 Å². The Hall–Kier alpha value is -2.83. The number of hydrogen-bond acceptors (Lipinski definition) is 4. The van der Waals surface area contributed by atoms with Crippen molar-refractivity contribution in [2.75, 3.05) is 5.01 Å². The minimum Gasteiger partial charge on any atom is -0.267 e. The quantitative estimate of drug-likeness (QED) is 0.261. The topological polar surface area (TPSA) is 45.6 Å². The van der Waals surface area contributed by atoms with Gasteiger partial charge in [-0.05, 0) is 61.4 Å². The molecule has 0 aliphatic carbocycles. The number of anilines is 1. The molecule has 4 nitrogen and oxygen atoms in total. The van der Waals surface area contributed by atoms with Gasteiger partial charge in [-0.2, -0.15) is 10.1 Å². The number of aryl methyl sites for hydroxylation is 2. The lowest BCUT2D eigenvalue weighted by Gasteiger charge is -2.14. The van der Waals surface area contributed by atoms with E-state index < -0.39 is 0 Å². The molecule has 4 rings (SSSR count). The van der Waals surface area contributed by atoms with Crippen LogP contribution in [0.3, 0.4) is 0 Å². The molecule has 0 aliphatic heterocycles. The van der Waals surface area contributed by atoms with Crippen molar-refractivity contribution in [3.8, 4) is 0 Å². The van der Waals surface area contributed by atoms with Gasteiger partial charge >= 0.3 is 0 Å². The molecule has 3 aromatic carbocycles. The van der Waals surface area contributed by atoms with Crippen LogP contribution in [0.25, 0.3) is 10.2 Å². The van der Waals surface area contributed by atoms with Crippen LogP contribution in [-0.2, 0) is 0 Å². The maximum atomic E-state index is 13.2. The molecule has 0 bridgehead atoms. The van der Waals surface area contributed by atoms with E-state index in [2.05, 4.69) is 32.1 Å². The van der Waals surface area contributed by atoms with E-state index in [0.717, 1.165) is 25.8 Å². The van der Waals surface area contributed by atoms with Crippen LogP contribution in [0.4, 0.5) is 5.13 Å². The highest BCUT2D eigenvalue weighted by Crippen LogP contribution is 2.31. The van der Waals surface area contributed by atoms with E-state index in [9.17, 15) is 4.79 Å². The fourth-order valence-corrected chi connectivity index (χ4v) is 4.08. The van der Waals surface area contributed by atoms with Gasteiger partial charge in [0.2, 0.25) is 5.13 Å². The summed E-state index contributed by atoms with van der Waals surface area (Å²) in [6.45, 7) is 4.08. The van der Waals surface area contributed by atoms with Gasteiger partial charge in [-0.3, -0.25) is 4.79 Å². The fourth-order valence-electron chi connectivity index (χ4n) is 2.79. The maximum absolute atomic E-state index is 13.2. The average molecular weight is 464 g/mol. The van der Waals surface area contributed by atoms with Crippen LogP contribution in [0.2, 0.25) is 0 Å². The Morgan fingerprint density at radius 3 is 2.41 bits per heavy atom. The van der Waals surface area contributed by atoms with Crippen molar-refractivity contribution in [2.24, 2.45) is 5.10 Å². The van der Waals surface area contributed by atoms with Crippen molar-refractivity contribution < 1.29 is 4.79 Å². The lowest BCUT2D eigenvalue weighted by molar-refractivity contribution is 0.0988. The van der Waals surface area contributed by atoms with E-state index in [0.29, 0.717) is 10.7 Å². The van der Waals surface area contributed by atoms with Gasteiger partial charge < -0.3 is 0 Å². The minimum absolute atomic E-state index is 0.225. The Kier molecular flexibility index (Phi) is 5.56. The lowest BCUT2D eigenvalue weighted by atomic mass is 10.2. The highest BCUT2D eigenvalue weighted by atomic mass is 79.9. The van der Waals surface area contributed by atoms with Crippen molar-refractivity contribution in [3.05, 3.63) is 93.5 Å². The number of thiazole rings is 1. The number of hydrogen-bond donors (Lipinski definition) is 0. The number of amides is 1. The number of hydrazone groups is 1. The molecule has 0 aliphatic rings. The molecule has 144 valence electrons. The second-order valence-corrected chi connectivity index (χ2v) is 8.67. The summed E-state index contributed by atoms with van der Waals surface area (Å²) in [6.07, 6.45) is 1.69. The molecule has 0 radical (unpaired) electrons. The molecule has 0 saturated heterocycles. The second kappa shape index (κ2) is 8.27. The summed E-state index contributed by atoms with van der Waals surface area (Å²) in [5, 5.41) is 6.43. The summed E-state index contributed by atoms with van der Waals surface area (Å²) in [6, 6.07) is 21.3. The van der Waals surface area contributed by atoms with Crippen LogP contribution in [0.15, 0.2) is 76.3 Å². The first-order valence-electron chi connectivity index (χ1n) is 9.07. The van der Waals surface area contributed by atoms with Gasteiger partial charge in [-0.25, -0.2) is 4.98 Å². The van der Waals surface area contributed by atoms with Crippen molar-refractivity contribution in [2.45, 2.75) is 13.8 Å². The van der Waals surface area contributed by atoms with Crippen LogP contribution in [-0.4, -0.2) is 17.1 Å². The standard InChI is InChI=1S/C23H18BrN3OS/c1-15-3-6-17(7-4-15)14-25-27(22(28)18-8-10-19(24)11-9-18)23-26-20-12-5-16(2)13-21(20)29-23/h3-14H,1-2H3/b25-14+. The Balaban J connectivity index is 1.75. The number of fused-ring (bicyclic) bond motifs is 1. The molecule has 0 fully saturated rings. The molecular weight excluding hydrogens is 446 g/mol. The molecule has 29 heavy (non-hydrogen) atoms. The van der Waals surface area contributed by atoms with E-state index in [1.807, 2.05) is 62.4 Å². The molecule has 0 unspecified atom stereocenters. The zero-order valence-corrected chi connectivity index (χ0v) is 18.4. The first-order valence-corrected chi connectivity index (χ1v) is 10.7. The molecule has 0 spiro atoms. The zero-order chi connectivity index (χ0) is 20.4. The highest BCUT2D eigenvalue weighted by Gasteiger charge is 2.21. The Morgan fingerprint density at radius 2 is 1.69 bits per heavy atom. The molecule has 1 amide bonds. The van der Waals surface area contributed by atoms with E-state index >= 15 is 0 Å². The first kappa shape index (κ1) is 19.5. The third kappa shape index (κ3) is 4.44. The predicted octanol–water partition coefficient (Wildman–Crippen LogP) is 6.36. The van der Waals surface area contributed by atoms with Gasteiger partial charge in [-0.1, -0.05) is 63.2 Å². The molecule has 0 saturated carbocycles. The second-order valence-electron chi connectivity index (χ2n) is 6.75. The summed E-state index contributed by atoms with van der Waals surface area (Å²) < 4.78 is 1.94. The highest BCUT2D eigenvalue weighted by molar-refractivity contribution is 9.10. The summed E-state index contributed by atoms with van der Waals surface area (Å²) in [7, 11) is 0. The third-order valence-corrected chi connectivity index (χ3v) is 5.92. The zero-order valence-electron chi connectivity index (χ0n) is 16.0. The molecule has 0 N–H and O–H groups in total. The van der Waals surface area contributed by atoms with Crippen LogP contribution in [0.1, 0.15) is 27.0 Å². The van der Waals surface area contributed by atoms with E-state index in [-0.39, 0.29) is 5.91 Å². The molecular formula is C23H18BrN3OS. The maximum Gasteiger partial charge on any atom is 0.280 e. The smallest absolute Gasteiger partial charge is 0.267 e. The SMILES string of the molecule is Cc1ccc(/C=N/N(C(=O)c2ccc(Br)cc2)c2nc3ccc(C)cc3s2)cc1. The number of aromatic nitrogens is 1. The number of carbonyl (C=O) groups is 1. The number of halogens is 1. The monoisotopic (exact) mass is 463 g/mol. The Morgan fingerprint density at radius 1 is 1.00 bits per heavy atom. The van der Waals surface area contributed by atoms with Gasteiger partial charge in [0.1, 0.15) is 0 Å². The van der Waals surface area contributed by atoms with Crippen LogP contribution in [0, 0.1) is 13.8 Å². The molecule has 4 aromatic rings. The number of carbonyl (C=O) groups excluding carboxylic acids is 1. The number of nitrogens with zero attached hydrogens (tertiary/aromatic N) is 3. The van der Waals surface area contributed by atoms with Gasteiger partial charge in [0.05, 0.1) is 16.4 Å². The lowest BCUT2D eigenvalue weighted by Crippen LogP contribution is -2.25. The van der Waals surface area contributed by atoms with Crippen LogP contribution in [0.5, 0.6) is 0 Å². The Bertz CT molecular complexity index is 1200. The van der Waals surface area contributed by atoms with Crippen LogP contribution >= 0.6 is 27.3 Å². The van der Waals surface area contributed by atoms with Crippen LogP contribution < -0.4 is 5.01 Å². The third-order valence-electron chi connectivity index (χ3n) is 4.40. The molecule has 1 heterocycles. The molecule has 6 heteroatoms. The predicted molar refractivity (Wildman–Crippen MR) is 124 cm³/mol. The van der Waals surface area contributed by atoms with Crippen molar-refractivity contribution in [1.29, 1.82) is 0 Å². The summed E-state index contributed by atoms with van der Waals surface area (Å²) in [4.78, 5) is 17.9. The van der Waals surface area contributed by atoms with E-state index in [4.69, 9.17) is 0 Å². The summed E-state index contributed by atoms with van der Waals surface area (Å²) >= 11 is 4.86. The normalized spacial score (nSPS) is 11.3. The Labute approximate surface area is 181 Å². The first-order chi connectivity index (χ1) is 14.0. The largest absolute Gasteiger partial charge is 0.280 e. The molecule has 0 atom stereocenters. The number of benzene rings is 3.